The van der Waals surface area contributed by atoms with Crippen molar-refractivity contribution in [1.82, 2.24) is 5.32 Å². The lowest BCUT2D eigenvalue weighted by molar-refractivity contribution is 0.111. The van der Waals surface area contributed by atoms with Crippen LogP contribution in [-0.2, 0) is 4.74 Å². The zero-order valence-corrected chi connectivity index (χ0v) is 8.68. The Bertz CT molecular complexity index is 139. The average Bonchev–Trinajstić information content (AvgIpc) is 2.29. The molecule has 0 aliphatic carbocycles. The summed E-state index contributed by atoms with van der Waals surface area (Å²) in [5, 5.41) is 3.55. The topological polar surface area (TPSA) is 21.3 Å². The monoisotopic (exact) mass is 171 g/mol. The van der Waals surface area contributed by atoms with Crippen LogP contribution in [-0.4, -0.2) is 25.3 Å². The Hall–Kier alpha value is -0.0800. The molecule has 0 aromatic heterocycles. The minimum atomic E-state index is 0.377. The summed E-state index contributed by atoms with van der Waals surface area (Å²) in [7, 11) is 0. The molecule has 0 aromatic carbocycles. The highest BCUT2D eigenvalue weighted by Crippen LogP contribution is 2.16. The first-order chi connectivity index (χ1) is 5.49. The summed E-state index contributed by atoms with van der Waals surface area (Å²) >= 11 is 0. The molecule has 1 saturated heterocycles. The predicted octanol–water partition coefficient (Wildman–Crippen LogP) is 1.80. The van der Waals surface area contributed by atoms with Crippen molar-refractivity contribution in [3.05, 3.63) is 0 Å². The highest BCUT2D eigenvalue weighted by atomic mass is 16.5. The van der Waals surface area contributed by atoms with Crippen LogP contribution < -0.4 is 5.32 Å². The zero-order valence-electron chi connectivity index (χ0n) is 8.68. The van der Waals surface area contributed by atoms with Gasteiger partial charge in [0.05, 0.1) is 6.10 Å². The van der Waals surface area contributed by atoms with Crippen LogP contribution in [0, 0.1) is 5.41 Å². The third-order valence-electron chi connectivity index (χ3n) is 2.27. The molecule has 0 saturated carbocycles. The van der Waals surface area contributed by atoms with Crippen LogP contribution in [0.4, 0.5) is 0 Å². The first-order valence-electron chi connectivity index (χ1n) is 4.84. The maximum atomic E-state index is 5.47. The van der Waals surface area contributed by atoms with Gasteiger partial charge in [0.1, 0.15) is 0 Å². The van der Waals surface area contributed by atoms with Crippen LogP contribution in [0.25, 0.3) is 0 Å². The van der Waals surface area contributed by atoms with E-state index in [1.54, 1.807) is 0 Å². The van der Waals surface area contributed by atoms with Gasteiger partial charge in [-0.25, -0.2) is 0 Å². The van der Waals surface area contributed by atoms with Gasteiger partial charge in [-0.1, -0.05) is 20.8 Å². The molecule has 1 N–H and O–H groups in total. The third-order valence-corrected chi connectivity index (χ3v) is 2.27. The van der Waals surface area contributed by atoms with E-state index in [2.05, 4.69) is 33.0 Å². The van der Waals surface area contributed by atoms with E-state index in [-0.39, 0.29) is 0 Å². The lowest BCUT2D eigenvalue weighted by atomic mass is 9.96. The van der Waals surface area contributed by atoms with Crippen molar-refractivity contribution < 1.29 is 4.74 Å². The van der Waals surface area contributed by atoms with Crippen molar-refractivity contribution in [2.45, 2.75) is 46.3 Å². The molecule has 2 unspecified atom stereocenters. The Labute approximate surface area is 75.7 Å². The summed E-state index contributed by atoms with van der Waals surface area (Å²) in [4.78, 5) is 0. The minimum Gasteiger partial charge on any atom is -0.377 e. The van der Waals surface area contributed by atoms with Gasteiger partial charge >= 0.3 is 0 Å². The van der Waals surface area contributed by atoms with E-state index in [1.807, 2.05) is 0 Å². The van der Waals surface area contributed by atoms with Crippen LogP contribution in [0.1, 0.15) is 34.1 Å². The summed E-state index contributed by atoms with van der Waals surface area (Å²) in [5.74, 6) is 0. The molecule has 1 rings (SSSR count). The maximum absolute atomic E-state index is 5.47. The fourth-order valence-corrected chi connectivity index (χ4v) is 1.44. The molecule has 0 radical (unpaired) electrons. The smallest absolute Gasteiger partial charge is 0.0700 e. The van der Waals surface area contributed by atoms with Crippen LogP contribution in [0.5, 0.6) is 0 Å². The summed E-state index contributed by atoms with van der Waals surface area (Å²) in [6.07, 6.45) is 1.56. The summed E-state index contributed by atoms with van der Waals surface area (Å²) in [6.45, 7) is 10.9. The van der Waals surface area contributed by atoms with Crippen LogP contribution in [0.3, 0.4) is 0 Å². The minimum absolute atomic E-state index is 0.377. The molecule has 2 heteroatoms. The molecular formula is C10H21NO. The SMILES string of the molecule is CC1OCCC1NCC(C)(C)C. The standard InChI is InChI=1S/C10H21NO/c1-8-9(5-6-12-8)11-7-10(2,3)4/h8-9,11H,5-7H2,1-4H3. The normalized spacial score (nSPS) is 31.0. The quantitative estimate of drug-likeness (QED) is 0.684. The van der Waals surface area contributed by atoms with E-state index in [0.29, 0.717) is 17.6 Å². The Morgan fingerprint density at radius 1 is 1.42 bits per heavy atom. The molecule has 0 bridgehead atoms. The molecule has 2 nitrogen and oxygen atoms in total. The number of hydrogen-bond donors (Lipinski definition) is 1. The van der Waals surface area contributed by atoms with Gasteiger partial charge in [0, 0.05) is 19.2 Å². The van der Waals surface area contributed by atoms with Crippen molar-refractivity contribution in [2.75, 3.05) is 13.2 Å². The number of rotatable bonds is 2. The van der Waals surface area contributed by atoms with Gasteiger partial charge < -0.3 is 10.1 Å². The Kier molecular flexibility index (Phi) is 3.13. The van der Waals surface area contributed by atoms with Gasteiger partial charge in [-0.05, 0) is 18.8 Å². The summed E-state index contributed by atoms with van der Waals surface area (Å²) < 4.78 is 5.47. The predicted molar refractivity (Wildman–Crippen MR) is 51.3 cm³/mol. The summed E-state index contributed by atoms with van der Waals surface area (Å²) in [6, 6.07) is 0.573. The van der Waals surface area contributed by atoms with E-state index in [1.165, 1.54) is 0 Å². The van der Waals surface area contributed by atoms with Gasteiger partial charge in [0.15, 0.2) is 0 Å². The number of nitrogens with one attached hydrogen (secondary N) is 1. The summed E-state index contributed by atoms with van der Waals surface area (Å²) in [5.41, 5.74) is 0.377. The molecule has 12 heavy (non-hydrogen) atoms. The van der Waals surface area contributed by atoms with Crippen molar-refractivity contribution >= 4 is 0 Å². The van der Waals surface area contributed by atoms with Crippen molar-refractivity contribution in [1.29, 1.82) is 0 Å². The molecular weight excluding hydrogens is 150 g/mol. The molecule has 0 aromatic rings. The molecule has 1 fully saturated rings. The van der Waals surface area contributed by atoms with Crippen molar-refractivity contribution in [2.24, 2.45) is 5.41 Å². The third kappa shape index (κ3) is 3.11. The molecule has 1 aliphatic heterocycles. The van der Waals surface area contributed by atoms with E-state index in [9.17, 15) is 0 Å². The zero-order chi connectivity index (χ0) is 9.19. The molecule has 0 amide bonds. The highest BCUT2D eigenvalue weighted by molar-refractivity contribution is 4.80. The van der Waals surface area contributed by atoms with E-state index in [0.717, 1.165) is 19.6 Å². The van der Waals surface area contributed by atoms with E-state index >= 15 is 0 Å². The van der Waals surface area contributed by atoms with Crippen LogP contribution in [0.2, 0.25) is 0 Å². The van der Waals surface area contributed by atoms with Gasteiger partial charge in [-0.3, -0.25) is 0 Å². The van der Waals surface area contributed by atoms with E-state index in [4.69, 9.17) is 4.74 Å². The second-order valence-electron chi connectivity index (χ2n) is 4.91. The second kappa shape index (κ2) is 3.75. The first-order valence-corrected chi connectivity index (χ1v) is 4.84. The Morgan fingerprint density at radius 2 is 2.08 bits per heavy atom. The van der Waals surface area contributed by atoms with Gasteiger partial charge in [-0.15, -0.1) is 0 Å². The van der Waals surface area contributed by atoms with Crippen molar-refractivity contribution in [3.63, 3.8) is 0 Å². The molecule has 1 heterocycles. The van der Waals surface area contributed by atoms with Crippen LogP contribution >= 0.6 is 0 Å². The largest absolute Gasteiger partial charge is 0.377 e. The lowest BCUT2D eigenvalue weighted by Crippen LogP contribution is -2.39. The molecule has 0 spiro atoms. The Balaban J connectivity index is 2.23. The van der Waals surface area contributed by atoms with Gasteiger partial charge in [0.2, 0.25) is 0 Å². The van der Waals surface area contributed by atoms with Gasteiger partial charge in [-0.2, -0.15) is 0 Å². The maximum Gasteiger partial charge on any atom is 0.0700 e. The van der Waals surface area contributed by atoms with E-state index < -0.39 is 0 Å². The first kappa shape index (κ1) is 10.0. The lowest BCUT2D eigenvalue weighted by Gasteiger charge is -2.23. The molecule has 72 valence electrons. The van der Waals surface area contributed by atoms with Crippen molar-refractivity contribution in [3.8, 4) is 0 Å². The van der Waals surface area contributed by atoms with Crippen LogP contribution in [0.15, 0.2) is 0 Å². The van der Waals surface area contributed by atoms with Gasteiger partial charge in [0.25, 0.3) is 0 Å². The highest BCUT2D eigenvalue weighted by Gasteiger charge is 2.24. The average molecular weight is 171 g/mol. The Morgan fingerprint density at radius 3 is 2.50 bits per heavy atom. The second-order valence-corrected chi connectivity index (χ2v) is 4.91. The molecule has 1 aliphatic rings. The fraction of sp³-hybridized carbons (Fsp3) is 1.00. The number of hydrogen-bond acceptors (Lipinski definition) is 2. The fourth-order valence-electron chi connectivity index (χ4n) is 1.44. The number of ether oxygens (including phenoxy) is 1. The molecule has 2 atom stereocenters.